The van der Waals surface area contributed by atoms with Gasteiger partial charge in [-0.25, -0.2) is 0 Å². The van der Waals surface area contributed by atoms with Crippen LogP contribution in [0.3, 0.4) is 0 Å². The summed E-state index contributed by atoms with van der Waals surface area (Å²) in [7, 11) is 0. The highest BCUT2D eigenvalue weighted by Gasteiger charge is 2.45. The van der Waals surface area contributed by atoms with Gasteiger partial charge in [0.25, 0.3) is 6.71 Å². The molecule has 13 aromatic carbocycles. The number of rotatable bonds is 9. The van der Waals surface area contributed by atoms with Crippen LogP contribution < -0.4 is 26.2 Å². The summed E-state index contributed by atoms with van der Waals surface area (Å²) in [4.78, 5) is 5.09. The predicted octanol–water partition coefficient (Wildman–Crippen LogP) is 20.2. The molecule has 2 aliphatic heterocycles. The van der Waals surface area contributed by atoms with Crippen LogP contribution in [0.25, 0.3) is 94.3 Å². The molecule has 0 bridgehead atoms. The van der Waals surface area contributed by atoms with Crippen LogP contribution in [0.1, 0.15) is 0 Å². The summed E-state index contributed by atoms with van der Waals surface area (Å²) in [5.74, 6) is 0. The molecule has 0 saturated heterocycles. The lowest BCUT2D eigenvalue weighted by Crippen LogP contribution is -2.61. The van der Waals surface area contributed by atoms with Crippen molar-refractivity contribution < 1.29 is 0 Å². The van der Waals surface area contributed by atoms with E-state index in [0.29, 0.717) is 10.0 Å². The van der Waals surface area contributed by atoms with Gasteiger partial charge in [-0.1, -0.05) is 260 Å². The number of nitrogens with zero attached hydrogens (tertiary/aromatic N) is 3. The number of para-hydroxylation sites is 4. The first-order valence-electron chi connectivity index (χ1n) is 28.6. The van der Waals surface area contributed by atoms with Crippen LogP contribution in [0.5, 0.6) is 0 Å². The molecular formula is C78H50BCl2N3. The number of benzene rings is 13. The maximum atomic E-state index is 7.38. The Balaban J connectivity index is 1.09. The van der Waals surface area contributed by atoms with Gasteiger partial charge >= 0.3 is 0 Å². The molecule has 0 radical (unpaired) electrons. The summed E-state index contributed by atoms with van der Waals surface area (Å²) in [6, 6.07) is 110. The van der Waals surface area contributed by atoms with E-state index in [2.05, 4.69) is 318 Å². The third-order valence-corrected chi connectivity index (χ3v) is 17.5. The molecule has 0 amide bonds. The fourth-order valence-electron chi connectivity index (χ4n) is 13.5. The quantitative estimate of drug-likeness (QED) is 0.133. The van der Waals surface area contributed by atoms with Gasteiger partial charge in [0.15, 0.2) is 0 Å². The topological polar surface area (TPSA) is 11.4 Å². The molecule has 2 aliphatic rings. The van der Waals surface area contributed by atoms with Crippen molar-refractivity contribution in [2.75, 3.05) is 9.80 Å². The second-order valence-corrected chi connectivity index (χ2v) is 22.7. The Morgan fingerprint density at radius 3 is 1.10 bits per heavy atom. The lowest BCUT2D eigenvalue weighted by molar-refractivity contribution is 1.18. The van der Waals surface area contributed by atoms with E-state index in [4.69, 9.17) is 23.2 Å². The maximum Gasteiger partial charge on any atom is 0.252 e. The minimum absolute atomic E-state index is 0.226. The van der Waals surface area contributed by atoms with Crippen LogP contribution in [0, 0.1) is 0 Å². The van der Waals surface area contributed by atoms with Crippen molar-refractivity contribution in [2.45, 2.75) is 0 Å². The second-order valence-electron chi connectivity index (χ2n) is 21.8. The molecule has 0 fully saturated rings. The molecule has 14 aromatic rings. The Bertz CT molecular complexity index is 4540. The van der Waals surface area contributed by atoms with E-state index in [9.17, 15) is 0 Å². The van der Waals surface area contributed by atoms with Crippen molar-refractivity contribution in [1.29, 1.82) is 0 Å². The standard InChI is InChI=1S/C78H50BCl2N3/c80-58-41-43-68-71(49-58)83(76-61(51-23-7-1-8-24-51)36-21-37-62(76)52-25-9-2-10-26-52)73-47-57(56-45-66(55-31-15-5-16-32-55)78-67(46-56)65-35-19-20-40-70(65)82(78)60-33-17-6-18-34-60)48-74-75(73)79(68)69-44-42-59(81)50-72(69)84(74)77-63(53-27-11-3-12-28-53)38-22-39-64(77)54-29-13-4-14-30-54/h1-50H. The summed E-state index contributed by atoms with van der Waals surface area (Å²) in [5, 5.41) is 3.66. The summed E-state index contributed by atoms with van der Waals surface area (Å²) >= 11 is 14.8. The largest absolute Gasteiger partial charge is 0.310 e. The van der Waals surface area contributed by atoms with Crippen molar-refractivity contribution >= 4 is 102 Å². The third-order valence-electron chi connectivity index (χ3n) is 17.1. The summed E-state index contributed by atoms with van der Waals surface area (Å²) < 4.78 is 2.44. The number of hydrogen-bond acceptors (Lipinski definition) is 2. The lowest BCUT2D eigenvalue weighted by Gasteiger charge is -2.46. The van der Waals surface area contributed by atoms with E-state index in [-0.39, 0.29) is 6.71 Å². The Labute approximate surface area is 499 Å². The van der Waals surface area contributed by atoms with E-state index in [1.54, 1.807) is 0 Å². The normalized spacial score (nSPS) is 12.3. The molecule has 84 heavy (non-hydrogen) atoms. The minimum atomic E-state index is -0.226. The first-order chi connectivity index (χ1) is 41.5. The van der Waals surface area contributed by atoms with Gasteiger partial charge in [-0.15, -0.1) is 0 Å². The molecule has 1 aromatic heterocycles. The van der Waals surface area contributed by atoms with Gasteiger partial charge in [0.2, 0.25) is 0 Å². The average Bonchev–Trinajstić information content (AvgIpc) is 0.832. The number of fused-ring (bicyclic) bond motifs is 7. The lowest BCUT2D eigenvalue weighted by atomic mass is 9.33. The fourth-order valence-corrected chi connectivity index (χ4v) is 13.8. The highest BCUT2D eigenvalue weighted by molar-refractivity contribution is 7.00. The van der Waals surface area contributed by atoms with E-state index in [1.807, 2.05) is 0 Å². The maximum absolute atomic E-state index is 7.38. The van der Waals surface area contributed by atoms with Crippen molar-refractivity contribution in [3.63, 3.8) is 0 Å². The predicted molar refractivity (Wildman–Crippen MR) is 357 cm³/mol. The molecule has 0 spiro atoms. The van der Waals surface area contributed by atoms with Crippen LogP contribution >= 0.6 is 23.2 Å². The van der Waals surface area contributed by atoms with Crippen LogP contribution in [0.4, 0.5) is 34.1 Å². The Morgan fingerprint density at radius 2 is 0.655 bits per heavy atom. The molecule has 3 heterocycles. The van der Waals surface area contributed by atoms with Gasteiger partial charge in [0.1, 0.15) is 0 Å². The Hall–Kier alpha value is -10.1. The van der Waals surface area contributed by atoms with Gasteiger partial charge < -0.3 is 14.4 Å². The van der Waals surface area contributed by atoms with Gasteiger partial charge in [-0.2, -0.15) is 0 Å². The zero-order chi connectivity index (χ0) is 55.8. The number of halogens is 2. The van der Waals surface area contributed by atoms with Crippen LogP contribution in [0.2, 0.25) is 10.0 Å². The van der Waals surface area contributed by atoms with Gasteiger partial charge in [0.05, 0.1) is 22.4 Å². The van der Waals surface area contributed by atoms with E-state index in [1.165, 1.54) is 16.2 Å². The van der Waals surface area contributed by atoms with Gasteiger partial charge in [0, 0.05) is 77.1 Å². The Morgan fingerprint density at radius 1 is 0.274 bits per heavy atom. The highest BCUT2D eigenvalue weighted by Crippen LogP contribution is 2.54. The molecule has 0 atom stereocenters. The van der Waals surface area contributed by atoms with Gasteiger partial charge in [-0.3, -0.25) is 0 Å². The number of anilines is 6. The van der Waals surface area contributed by atoms with Crippen LogP contribution in [-0.2, 0) is 0 Å². The molecule has 3 nitrogen and oxygen atoms in total. The highest BCUT2D eigenvalue weighted by atomic mass is 35.5. The molecule has 6 heteroatoms. The molecule has 0 saturated carbocycles. The monoisotopic (exact) mass is 1110 g/mol. The number of hydrogen-bond donors (Lipinski definition) is 0. The summed E-state index contributed by atoms with van der Waals surface area (Å²) in [6.07, 6.45) is 0. The number of aromatic nitrogens is 1. The Kier molecular flexibility index (Phi) is 12.1. The molecular weight excluding hydrogens is 1060 g/mol. The second kappa shape index (κ2) is 20.4. The van der Waals surface area contributed by atoms with Crippen molar-refractivity contribution in [1.82, 2.24) is 4.57 Å². The first kappa shape index (κ1) is 49.7. The van der Waals surface area contributed by atoms with Crippen molar-refractivity contribution in [3.05, 3.63) is 313 Å². The summed E-state index contributed by atoms with van der Waals surface area (Å²) in [6.45, 7) is -0.226. The van der Waals surface area contributed by atoms with Crippen LogP contribution in [-0.4, -0.2) is 11.3 Å². The smallest absolute Gasteiger partial charge is 0.252 e. The molecule has 0 aliphatic carbocycles. The molecule has 0 unspecified atom stereocenters. The van der Waals surface area contributed by atoms with Crippen LogP contribution in [0.15, 0.2) is 303 Å². The van der Waals surface area contributed by atoms with E-state index in [0.717, 1.165) is 129 Å². The molecule has 394 valence electrons. The van der Waals surface area contributed by atoms with E-state index >= 15 is 0 Å². The zero-order valence-electron chi connectivity index (χ0n) is 45.5. The average molecular weight is 1110 g/mol. The molecule has 0 N–H and O–H groups in total. The molecule has 16 rings (SSSR count). The first-order valence-corrected chi connectivity index (χ1v) is 29.3. The van der Waals surface area contributed by atoms with Crippen molar-refractivity contribution in [3.8, 4) is 72.4 Å². The SMILES string of the molecule is Clc1ccc2c(c1)N(c1c(-c3ccccc3)cccc1-c1ccccc1)c1cc(-c3cc(-c4ccccc4)c4c(c3)c3ccccc3n4-c3ccccc3)cc3c1B2c1ccc(Cl)cc1N3c1c(-c2ccccc2)cccc1-c1ccccc1. The third kappa shape index (κ3) is 8.13. The minimum Gasteiger partial charge on any atom is -0.310 e. The van der Waals surface area contributed by atoms with E-state index < -0.39 is 0 Å². The van der Waals surface area contributed by atoms with Crippen molar-refractivity contribution in [2.24, 2.45) is 0 Å². The van der Waals surface area contributed by atoms with Gasteiger partial charge in [-0.05, 0) is 122 Å². The fraction of sp³-hybridized carbons (Fsp3) is 0. The summed E-state index contributed by atoms with van der Waals surface area (Å²) in [5.41, 5.74) is 26.4. The zero-order valence-corrected chi connectivity index (χ0v) is 47.1.